The number of aromatic nitrogens is 1. The molecule has 7 nitrogen and oxygen atoms in total. The van der Waals surface area contributed by atoms with Crippen LogP contribution in [0.25, 0.3) is 10.6 Å². The summed E-state index contributed by atoms with van der Waals surface area (Å²) in [4.78, 5) is 5.13. The average Bonchev–Trinajstić information content (AvgIpc) is 3.47. The minimum atomic E-state index is -3.76. The van der Waals surface area contributed by atoms with E-state index in [-0.39, 0.29) is 4.21 Å². The Morgan fingerprint density at radius 2 is 1.79 bits per heavy atom. The van der Waals surface area contributed by atoms with Gasteiger partial charge in [-0.3, -0.25) is 4.72 Å². The molecular formula is C20H22N2O5S2. The molecule has 0 aliphatic heterocycles. The third-order valence-electron chi connectivity index (χ3n) is 4.92. The van der Waals surface area contributed by atoms with Gasteiger partial charge in [-0.15, -0.1) is 11.3 Å². The van der Waals surface area contributed by atoms with Gasteiger partial charge in [0.25, 0.3) is 10.0 Å². The summed E-state index contributed by atoms with van der Waals surface area (Å²) in [5, 5.41) is 0. The van der Waals surface area contributed by atoms with Gasteiger partial charge < -0.3 is 13.9 Å². The Morgan fingerprint density at radius 3 is 2.45 bits per heavy atom. The molecule has 4 rings (SSSR count). The quantitative estimate of drug-likeness (QED) is 0.570. The predicted molar refractivity (Wildman–Crippen MR) is 111 cm³/mol. The van der Waals surface area contributed by atoms with Gasteiger partial charge in [-0.25, -0.2) is 13.4 Å². The third kappa shape index (κ3) is 4.25. The summed E-state index contributed by atoms with van der Waals surface area (Å²) in [5.41, 5.74) is 0.360. The Hall–Kier alpha value is -2.52. The van der Waals surface area contributed by atoms with Crippen molar-refractivity contribution in [1.29, 1.82) is 0 Å². The fraction of sp³-hybridized carbons (Fsp3) is 0.350. The van der Waals surface area contributed by atoms with Crippen molar-refractivity contribution in [2.75, 3.05) is 18.9 Å². The second-order valence-corrected chi connectivity index (χ2v) is 9.86. The smallest absolute Gasteiger partial charge is 0.271 e. The summed E-state index contributed by atoms with van der Waals surface area (Å²) in [6.07, 6.45) is 6.27. The molecule has 0 saturated heterocycles. The summed E-state index contributed by atoms with van der Waals surface area (Å²) in [6, 6.07) is 8.17. The molecule has 1 aliphatic carbocycles. The third-order valence-corrected chi connectivity index (χ3v) is 7.89. The van der Waals surface area contributed by atoms with Crippen LogP contribution in [0.3, 0.4) is 0 Å². The molecule has 1 N–H and O–H groups in total. The van der Waals surface area contributed by atoms with E-state index < -0.39 is 10.0 Å². The number of thiophene rings is 1. The molecule has 0 spiro atoms. The van der Waals surface area contributed by atoms with E-state index in [1.807, 2.05) is 0 Å². The summed E-state index contributed by atoms with van der Waals surface area (Å²) < 4.78 is 44.7. The van der Waals surface area contributed by atoms with E-state index in [9.17, 15) is 8.42 Å². The highest BCUT2D eigenvalue weighted by atomic mass is 32.2. The zero-order valence-corrected chi connectivity index (χ0v) is 17.8. The molecule has 0 bridgehead atoms. The molecule has 0 unspecified atom stereocenters. The van der Waals surface area contributed by atoms with Crippen LogP contribution < -0.4 is 14.2 Å². The van der Waals surface area contributed by atoms with Crippen molar-refractivity contribution in [2.45, 2.75) is 35.8 Å². The maximum absolute atomic E-state index is 12.8. The highest BCUT2D eigenvalue weighted by Crippen LogP contribution is 2.37. The van der Waals surface area contributed by atoms with E-state index in [2.05, 4.69) is 9.71 Å². The number of oxazole rings is 1. The van der Waals surface area contributed by atoms with Crippen LogP contribution in [0.4, 0.5) is 5.69 Å². The van der Waals surface area contributed by atoms with E-state index in [1.54, 1.807) is 36.5 Å². The van der Waals surface area contributed by atoms with Gasteiger partial charge in [-0.05, 0) is 25.0 Å². The van der Waals surface area contributed by atoms with Crippen molar-refractivity contribution in [2.24, 2.45) is 0 Å². The molecule has 0 radical (unpaired) electrons. The lowest BCUT2D eigenvalue weighted by Gasteiger charge is -2.10. The number of sulfonamides is 1. The zero-order valence-electron chi connectivity index (χ0n) is 16.2. The van der Waals surface area contributed by atoms with E-state index in [0.717, 1.165) is 34.9 Å². The van der Waals surface area contributed by atoms with Crippen molar-refractivity contribution < 1.29 is 22.3 Å². The SMILES string of the molecule is COc1cc(NS(=O)(=O)c2ccc(-c3cnc(C4CCCC4)o3)s2)cc(OC)c1. The van der Waals surface area contributed by atoms with Gasteiger partial charge in [0.15, 0.2) is 11.7 Å². The fourth-order valence-corrected chi connectivity index (χ4v) is 5.72. The van der Waals surface area contributed by atoms with Gasteiger partial charge in [0.05, 0.1) is 31.0 Å². The summed E-state index contributed by atoms with van der Waals surface area (Å²) in [5.74, 6) is 2.71. The van der Waals surface area contributed by atoms with Crippen molar-refractivity contribution in [3.05, 3.63) is 42.4 Å². The number of ether oxygens (including phenoxy) is 2. The highest BCUT2D eigenvalue weighted by Gasteiger charge is 2.24. The number of nitrogens with zero attached hydrogens (tertiary/aromatic N) is 1. The standard InChI is InChI=1S/C20H22N2O5S2/c1-25-15-9-14(10-16(11-15)26-2)22-29(23,24)19-8-7-18(28-19)17-12-21-20(27-17)13-5-3-4-6-13/h7-13,22H,3-6H2,1-2H3. The van der Waals surface area contributed by atoms with Crippen LogP contribution in [-0.4, -0.2) is 27.6 Å². The molecule has 29 heavy (non-hydrogen) atoms. The predicted octanol–water partition coefficient (Wildman–Crippen LogP) is 4.88. The van der Waals surface area contributed by atoms with Crippen LogP contribution in [0, 0.1) is 0 Å². The normalized spacial score (nSPS) is 14.8. The number of nitrogens with one attached hydrogen (secondary N) is 1. The largest absolute Gasteiger partial charge is 0.497 e. The van der Waals surface area contributed by atoms with Gasteiger partial charge in [-0.1, -0.05) is 12.8 Å². The molecule has 1 aromatic carbocycles. The van der Waals surface area contributed by atoms with E-state index >= 15 is 0 Å². The van der Waals surface area contributed by atoms with Gasteiger partial charge in [-0.2, -0.15) is 0 Å². The maximum Gasteiger partial charge on any atom is 0.271 e. The summed E-state index contributed by atoms with van der Waals surface area (Å²) in [6.45, 7) is 0. The van der Waals surface area contributed by atoms with Gasteiger partial charge in [0.2, 0.25) is 0 Å². The number of hydrogen-bond acceptors (Lipinski definition) is 7. The summed E-state index contributed by atoms with van der Waals surface area (Å²) in [7, 11) is -0.744. The Morgan fingerprint density at radius 1 is 1.10 bits per heavy atom. The molecule has 1 aliphatic rings. The first-order chi connectivity index (χ1) is 14.0. The second kappa shape index (κ2) is 8.08. The molecular weight excluding hydrogens is 412 g/mol. The van der Waals surface area contributed by atoms with Crippen molar-refractivity contribution in [3.63, 3.8) is 0 Å². The zero-order chi connectivity index (χ0) is 20.4. The van der Waals surface area contributed by atoms with Gasteiger partial charge >= 0.3 is 0 Å². The van der Waals surface area contributed by atoms with Crippen molar-refractivity contribution in [1.82, 2.24) is 4.98 Å². The molecule has 2 aromatic heterocycles. The van der Waals surface area contributed by atoms with Crippen LogP contribution in [0.15, 0.2) is 45.2 Å². The van der Waals surface area contributed by atoms with Crippen molar-refractivity contribution in [3.8, 4) is 22.1 Å². The van der Waals surface area contributed by atoms with Gasteiger partial charge in [0.1, 0.15) is 15.7 Å². The Kier molecular flexibility index (Phi) is 5.51. The summed E-state index contributed by atoms with van der Waals surface area (Å²) >= 11 is 1.14. The molecule has 2 heterocycles. The molecule has 154 valence electrons. The molecule has 0 atom stereocenters. The molecule has 3 aromatic rings. The first-order valence-electron chi connectivity index (χ1n) is 9.30. The first kappa shape index (κ1) is 19.8. The average molecular weight is 435 g/mol. The van der Waals surface area contributed by atoms with E-state index in [0.29, 0.717) is 28.9 Å². The maximum atomic E-state index is 12.8. The van der Waals surface area contributed by atoms with Crippen LogP contribution in [-0.2, 0) is 10.0 Å². The lowest BCUT2D eigenvalue weighted by atomic mass is 10.1. The lowest BCUT2D eigenvalue weighted by Crippen LogP contribution is -2.11. The topological polar surface area (TPSA) is 90.7 Å². The monoisotopic (exact) mass is 434 g/mol. The Balaban J connectivity index is 1.55. The minimum absolute atomic E-state index is 0.188. The Bertz CT molecular complexity index is 1080. The van der Waals surface area contributed by atoms with E-state index in [4.69, 9.17) is 13.9 Å². The second-order valence-electron chi connectivity index (χ2n) is 6.87. The number of anilines is 1. The number of hydrogen-bond donors (Lipinski definition) is 1. The molecule has 1 saturated carbocycles. The van der Waals surface area contributed by atoms with Gasteiger partial charge in [0, 0.05) is 24.1 Å². The molecule has 9 heteroatoms. The number of methoxy groups -OCH3 is 2. The van der Waals surface area contributed by atoms with Crippen LogP contribution in [0.1, 0.15) is 37.5 Å². The molecule has 1 fully saturated rings. The number of benzene rings is 1. The fourth-order valence-electron chi connectivity index (χ4n) is 3.43. The molecule has 0 amide bonds. The van der Waals surface area contributed by atoms with Crippen molar-refractivity contribution >= 4 is 27.0 Å². The van der Waals surface area contributed by atoms with Crippen LogP contribution >= 0.6 is 11.3 Å². The minimum Gasteiger partial charge on any atom is -0.497 e. The first-order valence-corrected chi connectivity index (χ1v) is 11.6. The Labute approximate surface area is 173 Å². The lowest BCUT2D eigenvalue weighted by molar-refractivity contribution is 0.395. The number of rotatable bonds is 7. The van der Waals surface area contributed by atoms with E-state index in [1.165, 1.54) is 27.1 Å². The highest BCUT2D eigenvalue weighted by molar-refractivity contribution is 7.94. The van der Waals surface area contributed by atoms with Crippen LogP contribution in [0.5, 0.6) is 11.5 Å². The van der Waals surface area contributed by atoms with Crippen LogP contribution in [0.2, 0.25) is 0 Å².